The number of halogens is 2. The molecule has 0 saturated heterocycles. The molecule has 36 heavy (non-hydrogen) atoms. The number of aliphatic imine (C=N–C) groups is 1. The standard InChI is InChI=1S/C23H17Cl2N5O4S2/c24-17-5-9-19(10-6-17)35(31,32)28-22-21-4-2-1-3-16(21)15-27-30(22)23-26-13-14-29(23)36(33,34)20-11-7-18(25)8-12-20/h1-12,15H,13-14H2/b28-22+. The van der Waals surface area contributed by atoms with Crippen LogP contribution < -0.4 is 5.49 Å². The van der Waals surface area contributed by atoms with Crippen LogP contribution in [0.3, 0.4) is 0 Å². The first kappa shape index (κ1) is 24.4. The average molecular weight is 562 g/mol. The molecule has 0 amide bonds. The van der Waals surface area contributed by atoms with Crippen molar-refractivity contribution < 1.29 is 16.8 Å². The summed E-state index contributed by atoms with van der Waals surface area (Å²) in [6.07, 6.45) is 1.50. The van der Waals surface area contributed by atoms with Gasteiger partial charge >= 0.3 is 0 Å². The summed E-state index contributed by atoms with van der Waals surface area (Å²) in [4.78, 5) is 4.28. The van der Waals surface area contributed by atoms with E-state index in [4.69, 9.17) is 23.2 Å². The van der Waals surface area contributed by atoms with E-state index in [1.165, 1.54) is 54.7 Å². The van der Waals surface area contributed by atoms with Crippen molar-refractivity contribution in [2.24, 2.45) is 9.39 Å². The lowest BCUT2D eigenvalue weighted by atomic mass is 10.2. The van der Waals surface area contributed by atoms with Gasteiger partial charge in [0.2, 0.25) is 5.96 Å². The first-order chi connectivity index (χ1) is 17.2. The average Bonchev–Trinajstić information content (AvgIpc) is 3.35. The van der Waals surface area contributed by atoms with Crippen molar-refractivity contribution in [1.82, 2.24) is 14.1 Å². The van der Waals surface area contributed by atoms with E-state index >= 15 is 0 Å². The molecular weight excluding hydrogens is 545 g/mol. The van der Waals surface area contributed by atoms with Crippen LogP contribution in [0.15, 0.2) is 98.2 Å². The highest BCUT2D eigenvalue weighted by atomic mass is 35.5. The summed E-state index contributed by atoms with van der Waals surface area (Å²) in [5.74, 6) is -0.0687. The number of hydrogen-bond acceptors (Lipinski definition) is 6. The summed E-state index contributed by atoms with van der Waals surface area (Å²) in [5, 5.41) is 6.16. The molecule has 2 heterocycles. The number of benzene rings is 3. The van der Waals surface area contributed by atoms with E-state index in [1.54, 1.807) is 24.3 Å². The second kappa shape index (κ2) is 9.32. The van der Waals surface area contributed by atoms with Crippen molar-refractivity contribution in [1.29, 1.82) is 0 Å². The third-order valence-corrected chi connectivity index (χ3v) is 8.98. The number of rotatable bonds is 4. The van der Waals surface area contributed by atoms with Gasteiger partial charge in [-0.1, -0.05) is 47.5 Å². The lowest BCUT2D eigenvalue weighted by molar-refractivity contribution is 0.529. The number of fused-ring (bicyclic) bond motifs is 1. The summed E-state index contributed by atoms with van der Waals surface area (Å²) in [6.45, 7) is 0.207. The van der Waals surface area contributed by atoms with Gasteiger partial charge in [0.15, 0.2) is 5.49 Å². The van der Waals surface area contributed by atoms with Crippen LogP contribution in [0.2, 0.25) is 10.0 Å². The van der Waals surface area contributed by atoms with E-state index in [0.29, 0.717) is 20.8 Å². The van der Waals surface area contributed by atoms with Crippen molar-refractivity contribution in [3.05, 3.63) is 94.5 Å². The summed E-state index contributed by atoms with van der Waals surface area (Å²) >= 11 is 11.8. The molecule has 5 rings (SSSR count). The molecule has 0 saturated carbocycles. The lowest BCUT2D eigenvalue weighted by Gasteiger charge is -2.21. The molecule has 0 radical (unpaired) electrons. The van der Waals surface area contributed by atoms with Crippen molar-refractivity contribution in [2.75, 3.05) is 13.1 Å². The highest BCUT2D eigenvalue weighted by Crippen LogP contribution is 2.22. The molecule has 0 spiro atoms. The maximum Gasteiger partial charge on any atom is 0.284 e. The van der Waals surface area contributed by atoms with Crippen LogP contribution in [-0.2, 0) is 20.0 Å². The van der Waals surface area contributed by atoms with Gasteiger partial charge in [-0.2, -0.15) is 18.2 Å². The van der Waals surface area contributed by atoms with Gasteiger partial charge < -0.3 is 0 Å². The third-order valence-electron chi connectivity index (χ3n) is 5.40. The van der Waals surface area contributed by atoms with Crippen LogP contribution in [-0.4, -0.2) is 50.0 Å². The van der Waals surface area contributed by atoms with Crippen LogP contribution in [0.25, 0.3) is 10.8 Å². The van der Waals surface area contributed by atoms with Crippen molar-refractivity contribution in [2.45, 2.75) is 9.79 Å². The molecule has 13 heteroatoms. The summed E-state index contributed by atoms with van der Waals surface area (Å²) in [5.41, 5.74) is -0.0833. The number of hydrogen-bond donors (Lipinski definition) is 0. The van der Waals surface area contributed by atoms with Crippen molar-refractivity contribution in [3.8, 4) is 0 Å². The molecule has 4 aromatic rings. The predicted octanol–water partition coefficient (Wildman–Crippen LogP) is 3.54. The van der Waals surface area contributed by atoms with Crippen LogP contribution in [0.1, 0.15) is 0 Å². The molecule has 1 aliphatic rings. The minimum absolute atomic E-state index is 0.00941. The van der Waals surface area contributed by atoms with E-state index in [2.05, 4.69) is 14.5 Å². The molecule has 0 fully saturated rings. The Kier molecular flexibility index (Phi) is 6.33. The first-order valence-electron chi connectivity index (χ1n) is 10.5. The van der Waals surface area contributed by atoms with E-state index in [0.717, 1.165) is 8.99 Å². The quantitative estimate of drug-likeness (QED) is 0.378. The molecule has 1 aromatic heterocycles. The molecule has 0 N–H and O–H groups in total. The zero-order valence-electron chi connectivity index (χ0n) is 18.4. The van der Waals surface area contributed by atoms with Gasteiger partial charge in [-0.05, 0) is 48.5 Å². The summed E-state index contributed by atoms with van der Waals surface area (Å²) in [7, 11) is -8.26. The summed E-state index contributed by atoms with van der Waals surface area (Å²) in [6, 6.07) is 18.2. The number of aromatic nitrogens is 2. The van der Waals surface area contributed by atoms with Gasteiger partial charge in [-0.25, -0.2) is 17.7 Å². The zero-order valence-corrected chi connectivity index (χ0v) is 21.5. The van der Waals surface area contributed by atoms with Gasteiger partial charge in [0.25, 0.3) is 20.0 Å². The number of sulfonamides is 2. The molecule has 3 aromatic carbocycles. The largest absolute Gasteiger partial charge is 0.284 e. The van der Waals surface area contributed by atoms with Gasteiger partial charge in [0, 0.05) is 20.8 Å². The van der Waals surface area contributed by atoms with Crippen LogP contribution in [0.4, 0.5) is 0 Å². The maximum absolute atomic E-state index is 13.4. The Morgan fingerprint density at radius 2 is 1.42 bits per heavy atom. The Morgan fingerprint density at radius 1 is 0.806 bits per heavy atom. The van der Waals surface area contributed by atoms with Gasteiger partial charge in [-0.15, -0.1) is 4.40 Å². The van der Waals surface area contributed by atoms with E-state index in [-0.39, 0.29) is 34.3 Å². The first-order valence-corrected chi connectivity index (χ1v) is 14.2. The third kappa shape index (κ3) is 4.50. The monoisotopic (exact) mass is 561 g/mol. The smallest absolute Gasteiger partial charge is 0.248 e. The lowest BCUT2D eigenvalue weighted by Crippen LogP contribution is -2.43. The van der Waals surface area contributed by atoms with Crippen LogP contribution in [0, 0.1) is 0 Å². The van der Waals surface area contributed by atoms with E-state index in [9.17, 15) is 16.8 Å². The molecule has 0 bridgehead atoms. The Labute approximate surface area is 217 Å². The normalized spacial score (nSPS) is 14.9. The summed E-state index contributed by atoms with van der Waals surface area (Å²) < 4.78 is 59.6. The Hall–Kier alpha value is -3.25. The maximum atomic E-state index is 13.4. The fraction of sp³-hybridized carbons (Fsp3) is 0.0870. The molecule has 0 aliphatic carbocycles. The minimum atomic E-state index is -4.22. The topological polar surface area (TPSA) is 114 Å². The molecular formula is C23H17Cl2N5O4S2. The van der Waals surface area contributed by atoms with Crippen LogP contribution in [0.5, 0.6) is 0 Å². The van der Waals surface area contributed by atoms with E-state index in [1.807, 2.05) is 0 Å². The SMILES string of the molecule is O=S(=O)(/N=c1\c2ccccc2cnn1C1=NCCN1S(=O)(=O)c1ccc(Cl)cc1)c1ccc(Cl)cc1. The van der Waals surface area contributed by atoms with Crippen molar-refractivity contribution in [3.63, 3.8) is 0 Å². The minimum Gasteiger partial charge on any atom is -0.248 e. The van der Waals surface area contributed by atoms with E-state index < -0.39 is 20.0 Å². The predicted molar refractivity (Wildman–Crippen MR) is 137 cm³/mol. The van der Waals surface area contributed by atoms with Gasteiger partial charge in [0.1, 0.15) is 0 Å². The fourth-order valence-corrected chi connectivity index (χ4v) is 6.31. The second-order valence-electron chi connectivity index (χ2n) is 7.70. The fourth-order valence-electron chi connectivity index (χ4n) is 3.66. The zero-order chi connectivity index (χ0) is 25.5. The molecule has 1 aliphatic heterocycles. The molecule has 9 nitrogen and oxygen atoms in total. The Morgan fingerprint density at radius 3 is 2.08 bits per heavy atom. The van der Waals surface area contributed by atoms with Gasteiger partial charge in [-0.3, -0.25) is 0 Å². The number of nitrogens with zero attached hydrogens (tertiary/aromatic N) is 5. The van der Waals surface area contributed by atoms with Crippen LogP contribution >= 0.6 is 23.2 Å². The Bertz CT molecular complexity index is 1790. The Balaban J connectivity index is 1.72. The second-order valence-corrected chi connectivity index (χ2v) is 12.0. The highest BCUT2D eigenvalue weighted by molar-refractivity contribution is 7.90. The molecule has 0 unspecified atom stereocenters. The molecule has 184 valence electrons. The van der Waals surface area contributed by atoms with Crippen molar-refractivity contribution >= 4 is 60.0 Å². The highest BCUT2D eigenvalue weighted by Gasteiger charge is 2.33. The molecule has 0 atom stereocenters. The van der Waals surface area contributed by atoms with Gasteiger partial charge in [0.05, 0.1) is 29.1 Å².